The average molecular weight is 334 g/mol. The summed E-state index contributed by atoms with van der Waals surface area (Å²) >= 11 is -0.750. The third-order valence-electron chi connectivity index (χ3n) is 4.13. The maximum atomic E-state index is 10.6. The molecule has 2 aromatic carbocycles. The molecule has 0 aliphatic carbocycles. The monoisotopic (exact) mass is 334 g/mol. The van der Waals surface area contributed by atoms with Crippen LogP contribution in [0.1, 0.15) is 24.2 Å². The van der Waals surface area contributed by atoms with Crippen molar-refractivity contribution in [2.24, 2.45) is 0 Å². The molecule has 124 valence electrons. The van der Waals surface area contributed by atoms with Crippen molar-refractivity contribution in [3.63, 3.8) is 0 Å². The summed E-state index contributed by atoms with van der Waals surface area (Å²) < 4.78 is 17.3. The van der Waals surface area contributed by atoms with Gasteiger partial charge in [-0.15, -0.1) is 0 Å². The Labute approximate surface area is 141 Å². The number of hydrogen-bond acceptors (Lipinski definition) is 3. The Hall–Kier alpha value is -1.82. The first-order valence-corrected chi connectivity index (χ1v) is 8.10. The Bertz CT molecular complexity index is 611. The van der Waals surface area contributed by atoms with Crippen molar-refractivity contribution in [2.45, 2.75) is 25.6 Å². The number of hydrogen-bond donors (Lipinski definition) is 1. The lowest BCUT2D eigenvalue weighted by Gasteiger charge is -2.38. The minimum Gasteiger partial charge on any atom is -0.382 e. The Kier molecular flexibility index (Phi) is 7.81. The Morgan fingerprint density at radius 2 is 1.39 bits per heavy atom. The third kappa shape index (κ3) is 6.06. The zero-order valence-electron chi connectivity index (χ0n) is 13.8. The maximum Gasteiger partial charge on any atom is 0.335 e. The van der Waals surface area contributed by atoms with Gasteiger partial charge in [-0.3, -0.25) is 0 Å². The van der Waals surface area contributed by atoms with Gasteiger partial charge in [0.15, 0.2) is 0 Å². The number of aliphatic hydroxyl groups excluding tert-OH is 1. The van der Waals surface area contributed by atoms with Gasteiger partial charge in [0.05, 0.1) is 14.1 Å². The van der Waals surface area contributed by atoms with Crippen LogP contribution in [-0.2, 0) is 18.1 Å². The van der Waals surface area contributed by atoms with Gasteiger partial charge in [-0.1, -0.05) is 60.7 Å². The normalized spacial score (nSPS) is 13.4. The van der Waals surface area contributed by atoms with Crippen molar-refractivity contribution in [1.29, 1.82) is 0 Å². The minimum absolute atomic E-state index is 0.123. The molecule has 0 saturated carbocycles. The highest BCUT2D eigenvalue weighted by molar-refractivity contribution is 7.51. The van der Waals surface area contributed by atoms with Crippen LogP contribution in [0.4, 0.5) is 0 Å². The summed E-state index contributed by atoms with van der Waals surface area (Å²) in [6, 6.07) is 20.5. The van der Waals surface area contributed by atoms with Gasteiger partial charge >= 0.3 is 11.6 Å². The van der Waals surface area contributed by atoms with Gasteiger partial charge in [0, 0.05) is 5.56 Å². The Morgan fingerprint density at radius 3 is 1.87 bits per heavy atom. The first-order valence-electron chi connectivity index (χ1n) is 7.43. The summed E-state index contributed by atoms with van der Waals surface area (Å²) in [6.45, 7) is 3.02. The molecule has 0 saturated heterocycles. The van der Waals surface area contributed by atoms with E-state index >= 15 is 0 Å². The molecule has 0 bridgehead atoms. The average Bonchev–Trinajstić information content (AvgIpc) is 2.55. The topological polar surface area (TPSA) is 54.4 Å². The van der Waals surface area contributed by atoms with Crippen molar-refractivity contribution in [1.82, 2.24) is 0 Å². The second-order valence-electron chi connectivity index (χ2n) is 6.09. The second-order valence-corrected chi connectivity index (χ2v) is 6.22. The molecule has 0 heterocycles. The van der Waals surface area contributed by atoms with E-state index < -0.39 is 17.7 Å². The van der Waals surface area contributed by atoms with Gasteiger partial charge in [0.1, 0.15) is 18.7 Å². The van der Waals surface area contributed by atoms with Crippen LogP contribution < -0.4 is 0 Å². The molecule has 0 aliphatic rings. The van der Waals surface area contributed by atoms with E-state index in [1.807, 2.05) is 36.4 Å². The highest BCUT2D eigenvalue weighted by Crippen LogP contribution is 2.25. The van der Waals surface area contributed by atoms with Crippen LogP contribution in [0.25, 0.3) is 0 Å². The van der Waals surface area contributed by atoms with Gasteiger partial charge in [0.2, 0.25) is 0 Å². The summed E-state index contributed by atoms with van der Waals surface area (Å²) in [5.41, 5.74) is 2.28. The second kappa shape index (κ2) is 9.35. The van der Waals surface area contributed by atoms with Crippen LogP contribution in [-0.4, -0.2) is 38.1 Å². The summed E-state index contributed by atoms with van der Waals surface area (Å²) in [6.07, 6.45) is -0.449. The van der Waals surface area contributed by atoms with Gasteiger partial charge in [-0.25, -0.2) is 0 Å². The molecule has 0 spiro atoms. The van der Waals surface area contributed by atoms with E-state index in [0.29, 0.717) is 0 Å². The Morgan fingerprint density at radius 1 is 0.957 bits per heavy atom. The molecular weight excluding hydrogens is 310 g/mol. The summed E-state index contributed by atoms with van der Waals surface area (Å²) in [5.74, 6) is 0. The Balaban J connectivity index is 0.000000816. The third-order valence-corrected chi connectivity index (χ3v) is 4.13. The molecule has 2 atom stereocenters. The van der Waals surface area contributed by atoms with Crippen LogP contribution >= 0.6 is 0 Å². The zero-order valence-corrected chi connectivity index (χ0v) is 14.6. The molecule has 0 unspecified atom stereocenters. The van der Waals surface area contributed by atoms with Crippen molar-refractivity contribution in [2.75, 3.05) is 14.1 Å². The SMILES string of the molecule is C[C@@H]([C@H](O)c1ccccc1)[N+](C)(C)Cc1ccccc1.O=S=O. The maximum absolute atomic E-state index is 10.6. The fraction of sp³-hybridized carbons (Fsp3) is 0.333. The van der Waals surface area contributed by atoms with E-state index in [1.165, 1.54) is 5.56 Å². The highest BCUT2D eigenvalue weighted by atomic mass is 32.1. The number of benzene rings is 2. The number of rotatable bonds is 5. The number of aliphatic hydroxyl groups is 1. The molecule has 0 aliphatic heterocycles. The van der Waals surface area contributed by atoms with E-state index in [2.05, 4.69) is 45.3 Å². The molecule has 2 rings (SSSR count). The molecule has 2 aromatic rings. The standard InChI is InChI=1S/C18H24NO.O2S/c1-15(18(20)17-12-8-5-9-13-17)19(2,3)14-16-10-6-4-7-11-16;1-3-2/h4-13,15,18,20H,14H2,1-3H3;/q+1;/t15-,18-;/m0./s1. The van der Waals surface area contributed by atoms with Gasteiger partial charge in [-0.2, -0.15) is 8.42 Å². The molecular formula is C18H24NO3S+. The van der Waals surface area contributed by atoms with E-state index in [1.54, 1.807) is 0 Å². The first-order chi connectivity index (χ1) is 10.9. The predicted molar refractivity (Wildman–Crippen MR) is 92.0 cm³/mol. The molecule has 4 nitrogen and oxygen atoms in total. The van der Waals surface area contributed by atoms with Crippen LogP contribution in [0.5, 0.6) is 0 Å². The summed E-state index contributed by atoms with van der Waals surface area (Å²) in [5, 5.41) is 10.6. The smallest absolute Gasteiger partial charge is 0.335 e. The predicted octanol–water partition coefficient (Wildman–Crippen LogP) is 2.71. The van der Waals surface area contributed by atoms with E-state index in [4.69, 9.17) is 8.42 Å². The quantitative estimate of drug-likeness (QED) is 0.856. The first kappa shape index (κ1) is 19.2. The molecule has 0 aromatic heterocycles. The van der Waals surface area contributed by atoms with E-state index in [0.717, 1.165) is 16.6 Å². The van der Waals surface area contributed by atoms with Gasteiger partial charge in [0.25, 0.3) is 0 Å². The zero-order chi connectivity index (χ0) is 17.3. The molecule has 0 radical (unpaired) electrons. The molecule has 5 heteroatoms. The lowest BCUT2D eigenvalue weighted by Crippen LogP contribution is -2.49. The van der Waals surface area contributed by atoms with Crippen LogP contribution in [0, 0.1) is 0 Å². The molecule has 1 N–H and O–H groups in total. The van der Waals surface area contributed by atoms with Crippen molar-refractivity contribution in [3.8, 4) is 0 Å². The molecule has 0 fully saturated rings. The molecule has 0 amide bonds. The lowest BCUT2D eigenvalue weighted by molar-refractivity contribution is -0.930. The van der Waals surface area contributed by atoms with E-state index in [-0.39, 0.29) is 6.04 Å². The lowest BCUT2D eigenvalue weighted by atomic mass is 10.0. The highest BCUT2D eigenvalue weighted by Gasteiger charge is 2.31. The van der Waals surface area contributed by atoms with Crippen molar-refractivity contribution in [3.05, 3.63) is 71.8 Å². The van der Waals surface area contributed by atoms with Crippen molar-refractivity contribution < 1.29 is 18.0 Å². The number of quaternary nitrogens is 1. The number of likely N-dealkylation sites (N-methyl/N-ethyl adjacent to an activating group) is 1. The van der Waals surface area contributed by atoms with Crippen LogP contribution in [0.3, 0.4) is 0 Å². The molecule has 23 heavy (non-hydrogen) atoms. The number of nitrogens with zero attached hydrogens (tertiary/aromatic N) is 1. The van der Waals surface area contributed by atoms with Crippen LogP contribution in [0.2, 0.25) is 0 Å². The summed E-state index contributed by atoms with van der Waals surface area (Å²) in [7, 11) is 4.34. The largest absolute Gasteiger partial charge is 0.382 e. The van der Waals surface area contributed by atoms with Crippen LogP contribution in [0.15, 0.2) is 60.7 Å². The fourth-order valence-corrected chi connectivity index (χ4v) is 2.51. The fourth-order valence-electron chi connectivity index (χ4n) is 2.51. The van der Waals surface area contributed by atoms with Crippen molar-refractivity contribution >= 4 is 11.6 Å². The minimum atomic E-state index is -0.750. The van der Waals surface area contributed by atoms with Gasteiger partial charge < -0.3 is 9.59 Å². The summed E-state index contributed by atoms with van der Waals surface area (Å²) in [4.78, 5) is 0. The van der Waals surface area contributed by atoms with Gasteiger partial charge in [-0.05, 0) is 12.5 Å². The van der Waals surface area contributed by atoms with E-state index in [9.17, 15) is 5.11 Å².